The molecule has 18 heavy (non-hydrogen) atoms. The highest BCUT2D eigenvalue weighted by Gasteiger charge is 2.17. The summed E-state index contributed by atoms with van der Waals surface area (Å²) in [5.41, 5.74) is 0.0683. The number of aromatic carboxylic acids is 1. The molecule has 0 aliphatic rings. The standard InChI is InChI=1S/C11H8FNO4.BrH/c1-16-10-6(3-2-4-7(10)12)9-5-8(11(14)15)13-17-9;/h2-5H,1H3,(H,14,15);1H. The zero-order valence-corrected chi connectivity index (χ0v) is 10.9. The molecule has 1 N–H and O–H groups in total. The van der Waals surface area contributed by atoms with Crippen molar-refractivity contribution >= 4 is 23.0 Å². The number of hydrogen-bond acceptors (Lipinski definition) is 4. The van der Waals surface area contributed by atoms with Crippen LogP contribution in [0.5, 0.6) is 5.75 Å². The molecule has 0 atom stereocenters. The Morgan fingerprint density at radius 3 is 2.78 bits per heavy atom. The fourth-order valence-electron chi connectivity index (χ4n) is 1.41. The second-order valence-corrected chi connectivity index (χ2v) is 3.20. The van der Waals surface area contributed by atoms with Crippen molar-refractivity contribution in [2.24, 2.45) is 0 Å². The Morgan fingerprint density at radius 2 is 2.22 bits per heavy atom. The number of nitrogens with zero attached hydrogens (tertiary/aromatic N) is 1. The number of carboxylic acid groups (broad SMARTS) is 1. The highest BCUT2D eigenvalue weighted by atomic mass is 79.9. The van der Waals surface area contributed by atoms with Gasteiger partial charge in [0.15, 0.2) is 23.0 Å². The maximum absolute atomic E-state index is 13.4. The highest BCUT2D eigenvalue weighted by Crippen LogP contribution is 2.32. The smallest absolute Gasteiger partial charge is 0.358 e. The van der Waals surface area contributed by atoms with Crippen molar-refractivity contribution in [1.82, 2.24) is 5.16 Å². The molecule has 0 aliphatic carbocycles. The quantitative estimate of drug-likeness (QED) is 0.942. The van der Waals surface area contributed by atoms with Gasteiger partial charge >= 0.3 is 5.97 Å². The first-order valence-corrected chi connectivity index (χ1v) is 4.66. The van der Waals surface area contributed by atoms with Crippen LogP contribution in [0.3, 0.4) is 0 Å². The lowest BCUT2D eigenvalue weighted by Crippen LogP contribution is -1.94. The maximum atomic E-state index is 13.4. The number of carbonyl (C=O) groups is 1. The Kier molecular flexibility index (Phi) is 4.43. The van der Waals surface area contributed by atoms with Gasteiger partial charge in [0.25, 0.3) is 0 Å². The molecule has 1 aromatic carbocycles. The van der Waals surface area contributed by atoms with E-state index in [1.165, 1.54) is 25.3 Å². The second kappa shape index (κ2) is 5.63. The molecule has 0 aliphatic heterocycles. The van der Waals surface area contributed by atoms with Crippen LogP contribution in [0.15, 0.2) is 28.8 Å². The number of benzene rings is 1. The molecular weight excluding hydrogens is 309 g/mol. The van der Waals surface area contributed by atoms with Crippen LogP contribution < -0.4 is 4.74 Å². The van der Waals surface area contributed by atoms with Crippen molar-refractivity contribution in [2.45, 2.75) is 0 Å². The van der Waals surface area contributed by atoms with Gasteiger partial charge in [-0.05, 0) is 12.1 Å². The molecule has 7 heteroatoms. The van der Waals surface area contributed by atoms with Crippen molar-refractivity contribution in [3.63, 3.8) is 0 Å². The molecule has 0 bridgehead atoms. The molecule has 2 rings (SSSR count). The van der Waals surface area contributed by atoms with Gasteiger partial charge in [0.2, 0.25) is 0 Å². The maximum Gasteiger partial charge on any atom is 0.358 e. The molecule has 1 aromatic heterocycles. The van der Waals surface area contributed by atoms with E-state index in [4.69, 9.17) is 14.4 Å². The minimum absolute atomic E-state index is 0. The number of ether oxygens (including phenoxy) is 1. The first kappa shape index (κ1) is 14.2. The van der Waals surface area contributed by atoms with E-state index in [0.717, 1.165) is 0 Å². The average molecular weight is 318 g/mol. The molecule has 0 spiro atoms. The lowest BCUT2D eigenvalue weighted by Gasteiger charge is -2.05. The van der Waals surface area contributed by atoms with E-state index in [-0.39, 0.29) is 34.2 Å². The Bertz CT molecular complexity index is 570. The summed E-state index contributed by atoms with van der Waals surface area (Å²) in [5, 5.41) is 12.0. The summed E-state index contributed by atoms with van der Waals surface area (Å²) < 4.78 is 23.1. The van der Waals surface area contributed by atoms with Gasteiger partial charge in [0.1, 0.15) is 0 Å². The van der Waals surface area contributed by atoms with Crippen LogP contribution in [-0.4, -0.2) is 23.3 Å². The fourth-order valence-corrected chi connectivity index (χ4v) is 1.41. The molecule has 0 radical (unpaired) electrons. The summed E-state index contributed by atoms with van der Waals surface area (Å²) in [6.45, 7) is 0. The van der Waals surface area contributed by atoms with Gasteiger partial charge < -0.3 is 14.4 Å². The molecular formula is C11H9BrFNO4. The van der Waals surface area contributed by atoms with Crippen LogP contribution in [0.4, 0.5) is 4.39 Å². The van der Waals surface area contributed by atoms with Crippen molar-refractivity contribution in [2.75, 3.05) is 7.11 Å². The van der Waals surface area contributed by atoms with E-state index in [2.05, 4.69) is 5.16 Å². The summed E-state index contributed by atoms with van der Waals surface area (Å²) in [5.74, 6) is -1.65. The average Bonchev–Trinajstić information content (AvgIpc) is 2.77. The van der Waals surface area contributed by atoms with E-state index in [0.29, 0.717) is 5.56 Å². The third kappa shape index (κ3) is 2.51. The molecule has 0 fully saturated rings. The first-order chi connectivity index (χ1) is 8.13. The van der Waals surface area contributed by atoms with Crippen LogP contribution >= 0.6 is 17.0 Å². The van der Waals surface area contributed by atoms with Gasteiger partial charge in [-0.25, -0.2) is 9.18 Å². The van der Waals surface area contributed by atoms with Gasteiger partial charge in [0, 0.05) is 6.07 Å². The Hall–Kier alpha value is -1.89. The number of halogens is 2. The Morgan fingerprint density at radius 1 is 1.50 bits per heavy atom. The Labute approximate surface area is 112 Å². The molecule has 0 amide bonds. The monoisotopic (exact) mass is 317 g/mol. The summed E-state index contributed by atoms with van der Waals surface area (Å²) in [4.78, 5) is 10.6. The van der Waals surface area contributed by atoms with Crippen LogP contribution in [-0.2, 0) is 0 Å². The van der Waals surface area contributed by atoms with Crippen molar-refractivity contribution in [3.05, 3.63) is 35.8 Å². The summed E-state index contributed by atoms with van der Waals surface area (Å²) in [6, 6.07) is 5.46. The SMILES string of the molecule is Br.COc1c(F)cccc1-c1cc(C(=O)O)no1. The highest BCUT2D eigenvalue weighted by molar-refractivity contribution is 8.93. The van der Waals surface area contributed by atoms with E-state index in [9.17, 15) is 9.18 Å². The number of carboxylic acids is 1. The first-order valence-electron chi connectivity index (χ1n) is 4.66. The molecule has 2 aromatic rings. The minimum atomic E-state index is -1.21. The van der Waals surface area contributed by atoms with Crippen LogP contribution in [0.2, 0.25) is 0 Å². The Balaban J connectivity index is 0.00000162. The largest absolute Gasteiger partial charge is 0.493 e. The topological polar surface area (TPSA) is 72.6 Å². The van der Waals surface area contributed by atoms with Crippen molar-refractivity contribution in [1.29, 1.82) is 0 Å². The van der Waals surface area contributed by atoms with Crippen molar-refractivity contribution < 1.29 is 23.6 Å². The van der Waals surface area contributed by atoms with Crippen LogP contribution in [0.25, 0.3) is 11.3 Å². The number of aromatic nitrogens is 1. The summed E-state index contributed by atoms with van der Waals surface area (Å²) in [7, 11) is 1.32. The van der Waals surface area contributed by atoms with Gasteiger partial charge in [-0.1, -0.05) is 11.2 Å². The molecule has 1 heterocycles. The fraction of sp³-hybridized carbons (Fsp3) is 0.0909. The number of hydrogen-bond donors (Lipinski definition) is 1. The number of para-hydroxylation sites is 1. The predicted molar refractivity (Wildman–Crippen MR) is 65.7 cm³/mol. The zero-order valence-electron chi connectivity index (χ0n) is 9.21. The van der Waals surface area contributed by atoms with Crippen LogP contribution in [0.1, 0.15) is 10.5 Å². The van der Waals surface area contributed by atoms with E-state index < -0.39 is 11.8 Å². The molecule has 0 saturated carbocycles. The number of rotatable bonds is 3. The lowest BCUT2D eigenvalue weighted by molar-refractivity contribution is 0.0686. The molecule has 5 nitrogen and oxygen atoms in total. The summed E-state index contributed by atoms with van der Waals surface area (Å²) >= 11 is 0. The van der Waals surface area contributed by atoms with E-state index in [1.54, 1.807) is 6.07 Å². The minimum Gasteiger partial charge on any atom is -0.493 e. The van der Waals surface area contributed by atoms with Crippen molar-refractivity contribution in [3.8, 4) is 17.1 Å². The zero-order chi connectivity index (χ0) is 12.4. The third-order valence-corrected chi connectivity index (χ3v) is 2.17. The normalized spacial score (nSPS) is 9.67. The van der Waals surface area contributed by atoms with Gasteiger partial charge in [0.05, 0.1) is 12.7 Å². The van der Waals surface area contributed by atoms with Gasteiger partial charge in [-0.2, -0.15) is 0 Å². The van der Waals surface area contributed by atoms with Crippen LogP contribution in [0, 0.1) is 5.82 Å². The van der Waals surface area contributed by atoms with Gasteiger partial charge in [-0.3, -0.25) is 0 Å². The van der Waals surface area contributed by atoms with E-state index >= 15 is 0 Å². The summed E-state index contributed by atoms with van der Waals surface area (Å²) in [6.07, 6.45) is 0. The third-order valence-electron chi connectivity index (χ3n) is 2.17. The molecule has 0 saturated heterocycles. The molecule has 0 unspecified atom stereocenters. The van der Waals surface area contributed by atoms with E-state index in [1.807, 2.05) is 0 Å². The number of methoxy groups -OCH3 is 1. The second-order valence-electron chi connectivity index (χ2n) is 3.20. The van der Waals surface area contributed by atoms with Gasteiger partial charge in [-0.15, -0.1) is 17.0 Å². The molecule has 96 valence electrons. The predicted octanol–water partition coefficient (Wildman–Crippen LogP) is 2.77. The lowest BCUT2D eigenvalue weighted by atomic mass is 10.1.